The summed E-state index contributed by atoms with van der Waals surface area (Å²) in [5.41, 5.74) is 0.735. The zero-order valence-corrected chi connectivity index (χ0v) is 9.36. The fraction of sp³-hybridized carbons (Fsp3) is 0. The van der Waals surface area contributed by atoms with Crippen molar-refractivity contribution in [2.75, 3.05) is 0 Å². The Kier molecular flexibility index (Phi) is 3.00. The molecule has 0 saturated heterocycles. The van der Waals surface area contributed by atoms with Gasteiger partial charge in [0, 0.05) is 17.6 Å². The summed E-state index contributed by atoms with van der Waals surface area (Å²) in [5, 5.41) is 0.707. The summed E-state index contributed by atoms with van der Waals surface area (Å²) in [6.07, 6.45) is 1.71. The number of rotatable bonds is 3. The van der Waals surface area contributed by atoms with Crippen molar-refractivity contribution in [1.82, 2.24) is 4.98 Å². The monoisotopic (exact) mass is 267 g/mol. The highest BCUT2D eigenvalue weighted by Gasteiger charge is 2.18. The van der Waals surface area contributed by atoms with E-state index in [2.05, 4.69) is 17.9 Å². The minimum Gasteiger partial charge on any atom is -0.381 e. The molecule has 2 rings (SSSR count). The smallest absolute Gasteiger partial charge is 0.235 e. The van der Waals surface area contributed by atoms with Crippen molar-refractivity contribution in [3.8, 4) is 17.2 Å². The van der Waals surface area contributed by atoms with Crippen LogP contribution in [0.15, 0.2) is 18.3 Å². The minimum absolute atomic E-state index is 0.119. The molecule has 7 heteroatoms. The molecule has 0 amide bonds. The Bertz CT molecular complexity index is 485. The molecule has 0 spiro atoms. The average molecular weight is 268 g/mol. The van der Waals surface area contributed by atoms with Gasteiger partial charge in [-0.15, -0.1) is 0 Å². The highest BCUT2D eigenvalue weighted by Crippen LogP contribution is 2.44. The maximum Gasteiger partial charge on any atom is 0.235 e. The zero-order chi connectivity index (χ0) is 10.8. The van der Waals surface area contributed by atoms with E-state index in [1.165, 1.54) is 0 Å². The molecule has 1 aromatic carbocycles. The fourth-order valence-electron chi connectivity index (χ4n) is 1.34. The zero-order valence-electron chi connectivity index (χ0n) is 7.09. The van der Waals surface area contributed by atoms with E-state index >= 15 is 0 Å². The predicted octanol–water partition coefficient (Wildman–Crippen LogP) is 3.77. The lowest BCUT2D eigenvalue weighted by molar-refractivity contribution is 0.510. The summed E-state index contributed by atoms with van der Waals surface area (Å²) >= 11 is 15.9. The van der Waals surface area contributed by atoms with E-state index in [1.807, 2.05) is 0 Å². The molecular formula is C8H4Cl3NO3. The summed E-state index contributed by atoms with van der Waals surface area (Å²) in [5.74, 6) is 0.562. The Morgan fingerprint density at radius 2 is 1.73 bits per heavy atom. The first-order valence-corrected chi connectivity index (χ1v) is 4.74. The van der Waals surface area contributed by atoms with Crippen molar-refractivity contribution in [2.24, 2.45) is 0 Å². The average Bonchev–Trinajstić information content (AvgIpc) is 2.73. The van der Waals surface area contributed by atoms with E-state index in [0.717, 1.165) is 5.52 Å². The quantitative estimate of drug-likeness (QED) is 0.921. The number of H-pyrrole nitrogens is 1. The van der Waals surface area contributed by atoms with Crippen LogP contribution in [0.1, 0.15) is 0 Å². The first kappa shape index (κ1) is 10.5. The van der Waals surface area contributed by atoms with Crippen molar-refractivity contribution in [3.63, 3.8) is 0 Å². The summed E-state index contributed by atoms with van der Waals surface area (Å²) in [6, 6.07) is 3.37. The molecule has 0 atom stereocenters. The molecular weight excluding hydrogens is 264 g/mol. The summed E-state index contributed by atoms with van der Waals surface area (Å²) in [6.45, 7) is 0. The summed E-state index contributed by atoms with van der Waals surface area (Å²) < 4.78 is 13.8. The highest BCUT2D eigenvalue weighted by molar-refractivity contribution is 6.14. The topological polar surface area (TPSA) is 43.5 Å². The molecule has 80 valence electrons. The van der Waals surface area contributed by atoms with Crippen molar-refractivity contribution < 1.29 is 12.9 Å². The molecule has 4 nitrogen and oxygen atoms in total. The van der Waals surface area contributed by atoms with Gasteiger partial charge < -0.3 is 17.9 Å². The van der Waals surface area contributed by atoms with Crippen LogP contribution >= 0.6 is 35.6 Å². The van der Waals surface area contributed by atoms with Crippen LogP contribution in [-0.4, -0.2) is 4.98 Å². The molecule has 2 aromatic rings. The molecule has 0 bridgehead atoms. The Labute approximate surface area is 100 Å². The van der Waals surface area contributed by atoms with Crippen LogP contribution in [-0.2, 0) is 0 Å². The molecule has 0 fully saturated rings. The molecule has 0 radical (unpaired) electrons. The van der Waals surface area contributed by atoms with Crippen LogP contribution < -0.4 is 12.9 Å². The van der Waals surface area contributed by atoms with Crippen LogP contribution in [0.3, 0.4) is 0 Å². The second-order valence-electron chi connectivity index (χ2n) is 2.70. The standard InChI is InChI=1S/C8H4Cl3NO3/c9-13-6-3-5-4(1-2-12-5)7(14-10)8(6)15-11/h1-3,12H. The van der Waals surface area contributed by atoms with E-state index in [-0.39, 0.29) is 17.2 Å². The Morgan fingerprint density at radius 1 is 1.00 bits per heavy atom. The lowest BCUT2D eigenvalue weighted by Gasteiger charge is -2.07. The number of nitrogens with one attached hydrogen (secondary N) is 1. The third-order valence-electron chi connectivity index (χ3n) is 1.97. The Hall–Kier alpha value is -0.970. The van der Waals surface area contributed by atoms with Crippen molar-refractivity contribution in [2.45, 2.75) is 0 Å². The van der Waals surface area contributed by atoms with Gasteiger partial charge in [0.05, 0.1) is 5.52 Å². The number of fused-ring (bicyclic) bond motifs is 1. The maximum absolute atomic E-state index is 5.32. The molecule has 1 N–H and O–H groups in total. The summed E-state index contributed by atoms with van der Waals surface area (Å²) in [7, 11) is 0. The number of hydrogen-bond donors (Lipinski definition) is 1. The molecule has 1 heterocycles. The largest absolute Gasteiger partial charge is 0.381 e. The number of aromatic amines is 1. The van der Waals surface area contributed by atoms with Gasteiger partial charge in [0.15, 0.2) is 5.75 Å². The van der Waals surface area contributed by atoms with E-state index < -0.39 is 0 Å². The fourth-order valence-corrected chi connectivity index (χ4v) is 1.75. The maximum atomic E-state index is 5.32. The van der Waals surface area contributed by atoms with Crippen LogP contribution in [0, 0.1) is 0 Å². The van der Waals surface area contributed by atoms with E-state index in [0.29, 0.717) is 5.39 Å². The van der Waals surface area contributed by atoms with Gasteiger partial charge in [-0.25, -0.2) is 0 Å². The third-order valence-corrected chi connectivity index (χ3v) is 2.44. The molecule has 15 heavy (non-hydrogen) atoms. The lowest BCUT2D eigenvalue weighted by atomic mass is 10.2. The molecule has 0 unspecified atom stereocenters. The third kappa shape index (κ3) is 1.65. The van der Waals surface area contributed by atoms with Gasteiger partial charge in [-0.2, -0.15) is 0 Å². The van der Waals surface area contributed by atoms with Crippen LogP contribution in [0.4, 0.5) is 0 Å². The van der Waals surface area contributed by atoms with Crippen molar-refractivity contribution >= 4 is 46.5 Å². The van der Waals surface area contributed by atoms with Crippen molar-refractivity contribution in [3.05, 3.63) is 18.3 Å². The van der Waals surface area contributed by atoms with Crippen LogP contribution in [0.25, 0.3) is 10.9 Å². The van der Waals surface area contributed by atoms with Crippen LogP contribution in [0.5, 0.6) is 17.2 Å². The van der Waals surface area contributed by atoms with Gasteiger partial charge >= 0.3 is 0 Å². The van der Waals surface area contributed by atoms with Gasteiger partial charge in [-0.05, 0) is 6.07 Å². The van der Waals surface area contributed by atoms with Gasteiger partial charge in [-0.3, -0.25) is 0 Å². The molecule has 0 aliphatic carbocycles. The van der Waals surface area contributed by atoms with Gasteiger partial charge in [0.2, 0.25) is 11.5 Å². The van der Waals surface area contributed by atoms with E-state index in [4.69, 9.17) is 35.6 Å². The molecule has 1 aromatic heterocycles. The number of halogens is 3. The van der Waals surface area contributed by atoms with Gasteiger partial charge in [-0.1, -0.05) is 0 Å². The first-order chi connectivity index (χ1) is 7.31. The molecule has 0 saturated carbocycles. The lowest BCUT2D eigenvalue weighted by Crippen LogP contribution is -1.87. The number of hydrogen-bond acceptors (Lipinski definition) is 3. The van der Waals surface area contributed by atoms with Crippen LogP contribution in [0.2, 0.25) is 0 Å². The first-order valence-electron chi connectivity index (χ1n) is 3.81. The predicted molar refractivity (Wildman–Crippen MR) is 57.7 cm³/mol. The Morgan fingerprint density at radius 3 is 2.33 bits per heavy atom. The van der Waals surface area contributed by atoms with Crippen molar-refractivity contribution in [1.29, 1.82) is 0 Å². The van der Waals surface area contributed by atoms with E-state index in [9.17, 15) is 0 Å². The minimum atomic E-state index is 0.119. The normalized spacial score (nSPS) is 10.3. The molecule has 0 aliphatic heterocycles. The second-order valence-corrected chi connectivity index (χ2v) is 3.17. The van der Waals surface area contributed by atoms with E-state index in [1.54, 1.807) is 18.3 Å². The number of aromatic nitrogens is 1. The second kappa shape index (κ2) is 4.26. The molecule has 0 aliphatic rings. The van der Waals surface area contributed by atoms with Gasteiger partial charge in [0.1, 0.15) is 35.6 Å². The van der Waals surface area contributed by atoms with Gasteiger partial charge in [0.25, 0.3) is 0 Å². The number of benzene rings is 1. The summed E-state index contributed by atoms with van der Waals surface area (Å²) in [4.78, 5) is 2.94. The SMILES string of the molecule is ClOc1cc2[nH]ccc2c(OCl)c1OCl. The Balaban J connectivity index is 2.78. The highest BCUT2D eigenvalue weighted by atomic mass is 35.5.